The summed E-state index contributed by atoms with van der Waals surface area (Å²) in [5.41, 5.74) is -1.51. The van der Waals surface area contributed by atoms with Gasteiger partial charge >= 0.3 is 14.6 Å². The highest BCUT2D eigenvalue weighted by molar-refractivity contribution is 7.06. The zero-order valence-electron chi connectivity index (χ0n) is 19.0. The summed E-state index contributed by atoms with van der Waals surface area (Å²) in [6.45, 7) is 3.52. The van der Waals surface area contributed by atoms with Crippen LogP contribution in [0.2, 0.25) is 0 Å². The summed E-state index contributed by atoms with van der Waals surface area (Å²) in [5.74, 6) is -5.34. The summed E-state index contributed by atoms with van der Waals surface area (Å²) in [4.78, 5) is 0. The molecule has 0 nitrogen and oxygen atoms in total. The number of rotatable bonds is 7. The first kappa shape index (κ1) is 25.5. The number of allylic oxidation sites excluding steroid dienone is 1. The second-order valence-corrected chi connectivity index (χ2v) is 11.4. The van der Waals surface area contributed by atoms with Crippen molar-refractivity contribution in [3.8, 4) is 0 Å². The largest absolute Gasteiger partial charge is 0.416 e. The molecule has 0 spiro atoms. The van der Waals surface area contributed by atoms with Gasteiger partial charge in [0.1, 0.15) is 0 Å². The van der Waals surface area contributed by atoms with Gasteiger partial charge in [0.05, 0.1) is 11.5 Å². The van der Waals surface area contributed by atoms with Crippen molar-refractivity contribution in [2.75, 3.05) is 0 Å². The molecule has 0 radical (unpaired) electrons. The first-order valence-corrected chi connectivity index (χ1v) is 13.1. The van der Waals surface area contributed by atoms with Gasteiger partial charge in [0.2, 0.25) is 0 Å². The maximum atomic E-state index is 17.4. The summed E-state index contributed by atoms with van der Waals surface area (Å²) in [5, 5.41) is 0.499. The van der Waals surface area contributed by atoms with Crippen LogP contribution in [0.3, 0.4) is 0 Å². The Labute approximate surface area is 206 Å². The second-order valence-electron chi connectivity index (χ2n) is 8.39. The number of alkyl halides is 5. The molecule has 0 amide bonds. The highest BCUT2D eigenvalue weighted by Crippen LogP contribution is 2.43. The molecule has 0 aliphatic heterocycles. The van der Waals surface area contributed by atoms with E-state index in [1.807, 2.05) is 0 Å². The van der Waals surface area contributed by atoms with Gasteiger partial charge < -0.3 is 0 Å². The first-order valence-electron chi connectivity index (χ1n) is 11.2. The van der Waals surface area contributed by atoms with Crippen LogP contribution in [-0.4, -0.2) is 8.41 Å². The molecule has 1 atom stereocenters. The van der Waals surface area contributed by atoms with E-state index in [0.29, 0.717) is 10.4 Å². The molecule has 36 heavy (non-hydrogen) atoms. The number of hydrogen-bond acceptors (Lipinski definition) is 0. The van der Waals surface area contributed by atoms with E-state index in [0.717, 1.165) is 30.3 Å². The summed E-state index contributed by atoms with van der Waals surface area (Å²) >= 11 is 0. The Morgan fingerprint density at radius 3 is 1.58 bits per heavy atom. The number of halogens is 6. The minimum absolute atomic E-state index is 0.0525. The van der Waals surface area contributed by atoms with E-state index in [1.54, 1.807) is 60.7 Å². The van der Waals surface area contributed by atoms with Gasteiger partial charge in [-0.15, -0.1) is 6.58 Å². The second kappa shape index (κ2) is 9.82. The Kier molecular flexibility index (Phi) is 6.96. The fraction of sp³-hybridized carbons (Fsp3) is 0.103. The highest BCUT2D eigenvalue weighted by Gasteiger charge is 2.50. The molecule has 0 saturated heterocycles. The molecular weight excluding hydrogens is 490 g/mol. The molecule has 0 aliphatic rings. The van der Waals surface area contributed by atoms with Gasteiger partial charge in [-0.1, -0.05) is 103 Å². The summed E-state index contributed by atoms with van der Waals surface area (Å²) < 4.78 is 88.8. The van der Waals surface area contributed by atoms with E-state index in [4.69, 9.17) is 0 Å². The molecular formula is C29H22F6Si. The standard InChI is InChI=1S/C29H22F6Si/c1-2-25(21-17-19-22(20-18-21)29(32,33)34)28(30,31)26-15-9-10-16-27(26)36(35,23-11-5-3-6-12-23)24-13-7-4-8-14-24/h2-20,25H,1H2. The molecule has 0 heterocycles. The van der Waals surface area contributed by atoms with E-state index in [-0.39, 0.29) is 10.8 Å². The lowest BCUT2D eigenvalue weighted by Gasteiger charge is -2.32. The summed E-state index contributed by atoms with van der Waals surface area (Å²) in [7, 11) is -4.39. The van der Waals surface area contributed by atoms with Gasteiger partial charge in [0, 0.05) is 5.56 Å². The highest BCUT2D eigenvalue weighted by atomic mass is 28.4. The van der Waals surface area contributed by atoms with Crippen LogP contribution in [0.15, 0.2) is 122 Å². The minimum Gasteiger partial charge on any atom is -0.296 e. The van der Waals surface area contributed by atoms with Crippen molar-refractivity contribution in [1.82, 2.24) is 0 Å². The van der Waals surface area contributed by atoms with E-state index >= 15 is 12.9 Å². The zero-order valence-corrected chi connectivity index (χ0v) is 20.0. The molecule has 1 unspecified atom stereocenters. The maximum Gasteiger partial charge on any atom is 0.416 e. The summed E-state index contributed by atoms with van der Waals surface area (Å²) in [6.07, 6.45) is -3.60. The summed E-state index contributed by atoms with van der Waals surface area (Å²) in [6, 6.07) is 25.5. The molecule has 0 fully saturated rings. The van der Waals surface area contributed by atoms with E-state index < -0.39 is 37.6 Å². The van der Waals surface area contributed by atoms with E-state index in [2.05, 4.69) is 6.58 Å². The van der Waals surface area contributed by atoms with Crippen LogP contribution >= 0.6 is 0 Å². The van der Waals surface area contributed by atoms with Gasteiger partial charge in [0.15, 0.2) is 0 Å². The smallest absolute Gasteiger partial charge is 0.296 e. The average Bonchev–Trinajstić information content (AvgIpc) is 2.89. The van der Waals surface area contributed by atoms with Gasteiger partial charge in [-0.3, -0.25) is 4.11 Å². The predicted molar refractivity (Wildman–Crippen MR) is 133 cm³/mol. The number of benzene rings is 4. The Hall–Kier alpha value is -3.58. The van der Waals surface area contributed by atoms with Crippen molar-refractivity contribution in [2.45, 2.75) is 18.0 Å². The van der Waals surface area contributed by atoms with Crippen LogP contribution in [0.4, 0.5) is 26.1 Å². The molecule has 0 N–H and O–H groups in total. The Balaban J connectivity index is 1.89. The van der Waals surface area contributed by atoms with E-state index in [1.165, 1.54) is 24.3 Å². The van der Waals surface area contributed by atoms with Gasteiger partial charge in [-0.2, -0.15) is 13.2 Å². The van der Waals surface area contributed by atoms with E-state index in [9.17, 15) is 13.2 Å². The Morgan fingerprint density at radius 1 is 0.639 bits per heavy atom. The normalized spacial score (nSPS) is 13.3. The van der Waals surface area contributed by atoms with Crippen molar-refractivity contribution in [2.24, 2.45) is 0 Å². The third-order valence-corrected chi connectivity index (χ3v) is 9.66. The lowest BCUT2D eigenvalue weighted by molar-refractivity contribution is -0.137. The van der Waals surface area contributed by atoms with Crippen LogP contribution in [0, 0.1) is 0 Å². The molecule has 0 aromatic heterocycles. The molecule has 0 aliphatic carbocycles. The predicted octanol–water partition coefficient (Wildman–Crippen LogP) is 6.70. The van der Waals surface area contributed by atoms with Crippen LogP contribution in [-0.2, 0) is 12.1 Å². The third-order valence-electron chi connectivity index (χ3n) is 6.22. The lowest BCUT2D eigenvalue weighted by Crippen LogP contribution is -2.65. The molecule has 0 saturated carbocycles. The fourth-order valence-electron chi connectivity index (χ4n) is 4.43. The van der Waals surface area contributed by atoms with Crippen LogP contribution < -0.4 is 15.6 Å². The number of hydrogen-bond donors (Lipinski definition) is 0. The van der Waals surface area contributed by atoms with Crippen molar-refractivity contribution >= 4 is 24.0 Å². The van der Waals surface area contributed by atoms with Crippen molar-refractivity contribution in [3.05, 3.63) is 139 Å². The van der Waals surface area contributed by atoms with Gasteiger partial charge in [-0.25, -0.2) is 8.78 Å². The topological polar surface area (TPSA) is 0 Å². The van der Waals surface area contributed by atoms with Crippen molar-refractivity contribution < 1.29 is 26.1 Å². The average molecular weight is 513 g/mol. The van der Waals surface area contributed by atoms with Crippen LogP contribution in [0.1, 0.15) is 22.6 Å². The van der Waals surface area contributed by atoms with Gasteiger partial charge in [-0.05, 0) is 33.3 Å². The first-order chi connectivity index (χ1) is 17.1. The monoisotopic (exact) mass is 512 g/mol. The molecule has 4 aromatic rings. The van der Waals surface area contributed by atoms with Crippen molar-refractivity contribution in [3.63, 3.8) is 0 Å². The maximum absolute atomic E-state index is 17.4. The van der Waals surface area contributed by atoms with Crippen molar-refractivity contribution in [1.29, 1.82) is 0 Å². The zero-order chi connectivity index (χ0) is 26.0. The quantitative estimate of drug-likeness (QED) is 0.0850. The molecule has 4 aromatic carbocycles. The van der Waals surface area contributed by atoms with Crippen LogP contribution in [0.5, 0.6) is 0 Å². The van der Waals surface area contributed by atoms with Crippen LogP contribution in [0.25, 0.3) is 0 Å². The fourth-order valence-corrected chi connectivity index (χ4v) is 7.63. The molecule has 7 heteroatoms. The minimum atomic E-state index is -4.60. The molecule has 0 bridgehead atoms. The molecule has 184 valence electrons. The Morgan fingerprint density at radius 2 is 1.11 bits per heavy atom. The lowest BCUT2D eigenvalue weighted by atomic mass is 9.87. The Bertz CT molecular complexity index is 1280. The third kappa shape index (κ3) is 4.63. The van der Waals surface area contributed by atoms with Gasteiger partial charge in [0.25, 0.3) is 5.92 Å². The SMILES string of the molecule is C=CC(c1ccc(C(F)(F)F)cc1)C(F)(F)c1ccccc1[Si](F)(c1ccccc1)c1ccccc1. The molecule has 4 rings (SSSR count).